The first-order valence-corrected chi connectivity index (χ1v) is 20.7. The predicted molar refractivity (Wildman–Crippen MR) is 230 cm³/mol. The summed E-state index contributed by atoms with van der Waals surface area (Å²) in [6.45, 7) is 7.30. The Kier molecular flexibility index (Phi) is 13.7. The Hall–Kier alpha value is -7.14. The van der Waals surface area contributed by atoms with E-state index >= 15 is 0 Å². The summed E-state index contributed by atoms with van der Waals surface area (Å²) in [6.07, 6.45) is -0.784. The molecule has 2 aliphatic heterocycles. The van der Waals surface area contributed by atoms with E-state index in [0.29, 0.717) is 46.2 Å². The van der Waals surface area contributed by atoms with Crippen LogP contribution in [0.4, 0.5) is 9.59 Å². The van der Waals surface area contributed by atoms with Crippen LogP contribution < -0.4 is 22.1 Å². The van der Waals surface area contributed by atoms with Gasteiger partial charge < -0.3 is 41.4 Å². The van der Waals surface area contributed by atoms with E-state index in [1.54, 1.807) is 137 Å². The molecule has 6 amide bonds. The number of likely N-dealkylation sites (tertiary alicyclic amines) is 2. The molecule has 0 bridgehead atoms. The van der Waals surface area contributed by atoms with E-state index in [1.165, 1.54) is 9.80 Å². The lowest BCUT2D eigenvalue weighted by Crippen LogP contribution is -2.56. The van der Waals surface area contributed by atoms with Gasteiger partial charge in [-0.2, -0.15) is 0 Å². The van der Waals surface area contributed by atoms with Crippen LogP contribution in [0.2, 0.25) is 0 Å². The van der Waals surface area contributed by atoms with Gasteiger partial charge in [0.25, 0.3) is 11.8 Å². The van der Waals surface area contributed by atoms with E-state index < -0.39 is 71.2 Å². The second-order valence-corrected chi connectivity index (χ2v) is 15.9. The monoisotopic (exact) mass is 840 g/mol. The lowest BCUT2D eigenvalue weighted by atomic mass is 9.85. The highest BCUT2D eigenvalue weighted by molar-refractivity contribution is 5.96. The molecule has 0 aromatic heterocycles. The third kappa shape index (κ3) is 9.27. The van der Waals surface area contributed by atoms with Gasteiger partial charge in [-0.05, 0) is 99.9 Å². The molecule has 6 rings (SSSR count). The van der Waals surface area contributed by atoms with Crippen molar-refractivity contribution in [1.29, 1.82) is 0 Å². The number of nitrogens with zero attached hydrogens (tertiary/aromatic N) is 2. The summed E-state index contributed by atoms with van der Waals surface area (Å²) in [7, 11) is 0. The number of hydrogen-bond donors (Lipinski definition) is 4. The zero-order valence-electron chi connectivity index (χ0n) is 35.3. The maximum Gasteiger partial charge on any atom is 0.408 e. The van der Waals surface area contributed by atoms with E-state index in [-0.39, 0.29) is 25.9 Å². The van der Waals surface area contributed by atoms with Crippen LogP contribution in [0.1, 0.15) is 98.8 Å². The Morgan fingerprint density at radius 2 is 0.887 bits per heavy atom. The molecule has 62 heavy (non-hydrogen) atoms. The van der Waals surface area contributed by atoms with Gasteiger partial charge in [-0.1, -0.05) is 96.8 Å². The second kappa shape index (κ2) is 19.1. The number of primary amides is 2. The van der Waals surface area contributed by atoms with Crippen LogP contribution in [0.25, 0.3) is 0 Å². The van der Waals surface area contributed by atoms with Crippen molar-refractivity contribution in [3.05, 3.63) is 143 Å². The van der Waals surface area contributed by atoms with Gasteiger partial charge in [0.1, 0.15) is 23.2 Å². The standard InChI is InChI=1S/C48H52N6O8/c1-31(2)61-45(59)51-39(35-13-7-5-8-14-35)41(55)53-29-11-27-47(53,43(49)57)37-23-19-33(20-24-37)17-18-34-21-25-38(26-22-34)48(44(50)58)28-12-30-54(48)42(56)40(36-15-9-6-10-16-36)52-46(60)62-32(3)4/h5-10,13-16,19-26,31-32,39-40H,11-12,27-30H2,1-4H3,(H2,49,57)(H2,50,58)(H,51,59)(H,52,60)/t39-,40-,47+,48+/m1/s1. The second-order valence-electron chi connectivity index (χ2n) is 15.9. The third-order valence-corrected chi connectivity index (χ3v) is 11.2. The molecular weight excluding hydrogens is 789 g/mol. The van der Waals surface area contributed by atoms with Crippen LogP contribution in [0.5, 0.6) is 0 Å². The van der Waals surface area contributed by atoms with Crippen LogP contribution in [-0.4, -0.2) is 70.9 Å². The average molecular weight is 841 g/mol. The van der Waals surface area contributed by atoms with Crippen molar-refractivity contribution in [2.24, 2.45) is 11.5 Å². The van der Waals surface area contributed by atoms with Crippen molar-refractivity contribution in [2.75, 3.05) is 13.1 Å². The molecular formula is C48H52N6O8. The molecule has 14 nitrogen and oxygen atoms in total. The Morgan fingerprint density at radius 1 is 0.548 bits per heavy atom. The first-order valence-electron chi connectivity index (χ1n) is 20.7. The lowest BCUT2D eigenvalue weighted by Gasteiger charge is -2.38. The normalized spacial score (nSPS) is 19.2. The summed E-state index contributed by atoms with van der Waals surface area (Å²) in [5.41, 5.74) is 12.6. The minimum absolute atomic E-state index is 0.240. The van der Waals surface area contributed by atoms with Crippen LogP contribution >= 0.6 is 0 Å². The van der Waals surface area contributed by atoms with E-state index in [2.05, 4.69) is 22.5 Å². The number of nitrogens with two attached hydrogens (primary N) is 2. The molecule has 0 radical (unpaired) electrons. The minimum Gasteiger partial charge on any atom is -0.447 e. The highest BCUT2D eigenvalue weighted by Gasteiger charge is 2.53. The van der Waals surface area contributed by atoms with Gasteiger partial charge in [0.2, 0.25) is 11.8 Å². The van der Waals surface area contributed by atoms with E-state index in [1.807, 2.05) is 0 Å². The molecule has 4 aromatic rings. The minimum atomic E-state index is -1.48. The highest BCUT2D eigenvalue weighted by atomic mass is 16.6. The summed E-state index contributed by atoms with van der Waals surface area (Å²) in [5, 5.41) is 5.37. The van der Waals surface area contributed by atoms with Crippen molar-refractivity contribution < 1.29 is 38.2 Å². The number of ether oxygens (including phenoxy) is 2. The first-order chi connectivity index (χ1) is 29.7. The molecule has 6 N–H and O–H groups in total. The highest BCUT2D eigenvalue weighted by Crippen LogP contribution is 2.42. The quantitative estimate of drug-likeness (QED) is 0.135. The Balaban J connectivity index is 1.23. The molecule has 0 unspecified atom stereocenters. The number of amides is 6. The lowest BCUT2D eigenvalue weighted by molar-refractivity contribution is -0.145. The van der Waals surface area contributed by atoms with Crippen molar-refractivity contribution in [3.8, 4) is 11.8 Å². The predicted octanol–water partition coefficient (Wildman–Crippen LogP) is 5.44. The molecule has 0 saturated carbocycles. The number of carbonyl (C=O) groups is 6. The molecule has 2 saturated heterocycles. The summed E-state index contributed by atoms with van der Waals surface area (Å²) >= 11 is 0. The van der Waals surface area contributed by atoms with Crippen LogP contribution in [0, 0.1) is 11.8 Å². The summed E-state index contributed by atoms with van der Waals surface area (Å²) in [4.78, 5) is 83.8. The van der Waals surface area contributed by atoms with Gasteiger partial charge in [-0.25, -0.2) is 9.59 Å². The fraction of sp³-hybridized carbons (Fsp3) is 0.333. The van der Waals surface area contributed by atoms with Crippen LogP contribution in [0.3, 0.4) is 0 Å². The summed E-state index contributed by atoms with van der Waals surface area (Å²) in [6, 6.07) is 29.1. The van der Waals surface area contributed by atoms with E-state index in [9.17, 15) is 28.8 Å². The molecule has 2 heterocycles. The number of carbonyl (C=O) groups excluding carboxylic acids is 6. The Morgan fingerprint density at radius 3 is 1.19 bits per heavy atom. The molecule has 322 valence electrons. The van der Waals surface area contributed by atoms with Crippen molar-refractivity contribution in [1.82, 2.24) is 20.4 Å². The molecule has 4 aromatic carbocycles. The number of hydrogen-bond acceptors (Lipinski definition) is 8. The maximum atomic E-state index is 14.3. The van der Waals surface area contributed by atoms with Crippen LogP contribution in [0.15, 0.2) is 109 Å². The van der Waals surface area contributed by atoms with Gasteiger partial charge in [0.15, 0.2) is 0 Å². The molecule has 2 aliphatic rings. The first kappa shape index (κ1) is 44.4. The van der Waals surface area contributed by atoms with Gasteiger partial charge >= 0.3 is 12.2 Å². The zero-order valence-corrected chi connectivity index (χ0v) is 35.3. The number of rotatable bonds is 12. The zero-order chi connectivity index (χ0) is 44.6. The van der Waals surface area contributed by atoms with Crippen molar-refractivity contribution in [2.45, 2.75) is 88.7 Å². The van der Waals surface area contributed by atoms with E-state index in [4.69, 9.17) is 20.9 Å². The fourth-order valence-electron chi connectivity index (χ4n) is 8.34. The van der Waals surface area contributed by atoms with Gasteiger partial charge in [0, 0.05) is 24.2 Å². The number of benzene rings is 4. The third-order valence-electron chi connectivity index (χ3n) is 11.2. The SMILES string of the molecule is CC(C)OC(=O)N[C@@H](C(=O)N1CCC[C@@]1(C(N)=O)c1ccc(C#Cc2ccc([C@]3(C(N)=O)CCCN3C(=O)[C@H](NC(=O)OC(C)C)c3ccccc3)cc2)cc1)c1ccccc1. The summed E-state index contributed by atoms with van der Waals surface area (Å²) < 4.78 is 10.6. The maximum absolute atomic E-state index is 14.3. The topological polar surface area (TPSA) is 203 Å². The molecule has 14 heteroatoms. The fourth-order valence-corrected chi connectivity index (χ4v) is 8.34. The molecule has 4 atom stereocenters. The van der Waals surface area contributed by atoms with E-state index in [0.717, 1.165) is 0 Å². The van der Waals surface area contributed by atoms with Crippen LogP contribution in [-0.2, 0) is 39.7 Å². The van der Waals surface area contributed by atoms with Gasteiger partial charge in [-0.3, -0.25) is 19.2 Å². The molecule has 2 fully saturated rings. The van der Waals surface area contributed by atoms with Crippen molar-refractivity contribution >= 4 is 35.8 Å². The molecule has 0 spiro atoms. The molecule has 0 aliphatic carbocycles. The van der Waals surface area contributed by atoms with Crippen molar-refractivity contribution in [3.63, 3.8) is 0 Å². The smallest absolute Gasteiger partial charge is 0.408 e. The number of nitrogens with one attached hydrogen (secondary N) is 2. The number of alkyl carbamates (subject to hydrolysis) is 2. The Labute approximate surface area is 361 Å². The Bertz CT molecular complexity index is 2180. The van der Waals surface area contributed by atoms with Gasteiger partial charge in [0.05, 0.1) is 12.2 Å². The largest absolute Gasteiger partial charge is 0.447 e. The average Bonchev–Trinajstić information content (AvgIpc) is 3.92. The van der Waals surface area contributed by atoms with Gasteiger partial charge in [-0.15, -0.1) is 0 Å². The summed E-state index contributed by atoms with van der Waals surface area (Å²) in [5.74, 6) is 3.86.